The largest absolute Gasteiger partial charge is 0.482 e. The van der Waals surface area contributed by atoms with Crippen LogP contribution >= 0.6 is 11.6 Å². The first-order valence-electron chi connectivity index (χ1n) is 8.69. The second-order valence-electron chi connectivity index (χ2n) is 5.91. The minimum Gasteiger partial charge on any atom is -0.482 e. The number of nitrogens with zero attached hydrogens (tertiary/aromatic N) is 1. The molecule has 0 spiro atoms. The average Bonchev–Trinajstić information content (AvgIpc) is 3.13. The standard InChI is InChI=1S/C17H25ClN2O5S/c1-3-20(4-2)26(22,23)14-7-8-16(15(18)10-14)25-12-17(21)19-11-13-6-5-9-24-13/h7-8,10,13H,3-6,9,11-12H2,1-2H3,(H,19,21)/t13-/m0/s1. The number of carbonyl (C=O) groups excluding carboxylic acids is 1. The highest BCUT2D eigenvalue weighted by molar-refractivity contribution is 7.89. The van der Waals surface area contributed by atoms with E-state index in [0.29, 0.717) is 19.6 Å². The predicted molar refractivity (Wildman–Crippen MR) is 99.0 cm³/mol. The Bertz CT molecular complexity index is 716. The monoisotopic (exact) mass is 404 g/mol. The Morgan fingerprint density at radius 2 is 2.12 bits per heavy atom. The third-order valence-corrected chi connectivity index (χ3v) is 6.50. The first-order chi connectivity index (χ1) is 12.4. The van der Waals surface area contributed by atoms with Crippen LogP contribution in [0.4, 0.5) is 0 Å². The van der Waals surface area contributed by atoms with Crippen molar-refractivity contribution in [2.24, 2.45) is 0 Å². The zero-order valence-electron chi connectivity index (χ0n) is 15.0. The molecule has 7 nitrogen and oxygen atoms in total. The lowest BCUT2D eigenvalue weighted by Crippen LogP contribution is -2.35. The Morgan fingerprint density at radius 1 is 1.38 bits per heavy atom. The number of hydrogen-bond donors (Lipinski definition) is 1. The summed E-state index contributed by atoms with van der Waals surface area (Å²) in [6.07, 6.45) is 2.01. The molecule has 1 aromatic carbocycles. The van der Waals surface area contributed by atoms with Gasteiger partial charge in [0.1, 0.15) is 5.75 Å². The number of ether oxygens (including phenoxy) is 2. The summed E-state index contributed by atoms with van der Waals surface area (Å²) in [5.41, 5.74) is 0. The number of amides is 1. The van der Waals surface area contributed by atoms with Gasteiger partial charge in [-0.3, -0.25) is 4.79 Å². The van der Waals surface area contributed by atoms with Gasteiger partial charge in [0, 0.05) is 26.2 Å². The number of nitrogens with one attached hydrogen (secondary N) is 1. The fourth-order valence-corrected chi connectivity index (χ4v) is 4.48. The summed E-state index contributed by atoms with van der Waals surface area (Å²) in [7, 11) is -3.59. The molecule has 1 heterocycles. The summed E-state index contributed by atoms with van der Waals surface area (Å²) in [6, 6.07) is 4.24. The molecule has 0 bridgehead atoms. The average molecular weight is 405 g/mol. The highest BCUT2D eigenvalue weighted by atomic mass is 35.5. The van der Waals surface area contributed by atoms with E-state index in [1.54, 1.807) is 13.8 Å². The van der Waals surface area contributed by atoms with Gasteiger partial charge in [-0.25, -0.2) is 8.42 Å². The maximum absolute atomic E-state index is 12.5. The Morgan fingerprint density at radius 3 is 2.69 bits per heavy atom. The summed E-state index contributed by atoms with van der Waals surface area (Å²) in [5, 5.41) is 2.89. The van der Waals surface area contributed by atoms with Crippen LogP contribution in [0.2, 0.25) is 5.02 Å². The van der Waals surface area contributed by atoms with Crippen LogP contribution in [0.5, 0.6) is 5.75 Å². The predicted octanol–water partition coefficient (Wildman–Crippen LogP) is 2.04. The molecule has 0 saturated carbocycles. The fourth-order valence-electron chi connectivity index (χ4n) is 2.70. The first-order valence-corrected chi connectivity index (χ1v) is 10.5. The molecule has 1 fully saturated rings. The number of rotatable bonds is 9. The van der Waals surface area contributed by atoms with Crippen molar-refractivity contribution < 1.29 is 22.7 Å². The molecule has 0 aliphatic carbocycles. The molecular weight excluding hydrogens is 380 g/mol. The molecule has 146 valence electrons. The zero-order chi connectivity index (χ0) is 19.2. The fraction of sp³-hybridized carbons (Fsp3) is 0.588. The second kappa shape index (κ2) is 9.55. The van der Waals surface area contributed by atoms with Gasteiger partial charge < -0.3 is 14.8 Å². The second-order valence-corrected chi connectivity index (χ2v) is 8.25. The van der Waals surface area contributed by atoms with E-state index >= 15 is 0 Å². The number of hydrogen-bond acceptors (Lipinski definition) is 5. The summed E-state index contributed by atoms with van der Waals surface area (Å²) >= 11 is 6.13. The van der Waals surface area contributed by atoms with Crippen molar-refractivity contribution in [2.75, 3.05) is 32.8 Å². The lowest BCUT2D eigenvalue weighted by atomic mass is 10.2. The quantitative estimate of drug-likeness (QED) is 0.680. The molecule has 2 rings (SSSR count). The molecular formula is C17H25ClN2O5S. The molecule has 0 unspecified atom stereocenters. The van der Waals surface area contributed by atoms with E-state index in [2.05, 4.69) is 5.32 Å². The maximum atomic E-state index is 12.5. The van der Waals surface area contributed by atoms with E-state index in [9.17, 15) is 13.2 Å². The minimum absolute atomic E-state index is 0.0621. The van der Waals surface area contributed by atoms with Crippen LogP contribution in [0.1, 0.15) is 26.7 Å². The van der Waals surface area contributed by atoms with Crippen molar-refractivity contribution in [3.8, 4) is 5.75 Å². The lowest BCUT2D eigenvalue weighted by Gasteiger charge is -2.19. The van der Waals surface area contributed by atoms with E-state index < -0.39 is 10.0 Å². The van der Waals surface area contributed by atoms with Crippen molar-refractivity contribution in [2.45, 2.75) is 37.7 Å². The highest BCUT2D eigenvalue weighted by Crippen LogP contribution is 2.28. The van der Waals surface area contributed by atoms with E-state index in [4.69, 9.17) is 21.1 Å². The SMILES string of the molecule is CCN(CC)S(=O)(=O)c1ccc(OCC(=O)NC[C@@H]2CCCO2)c(Cl)c1. The third-order valence-electron chi connectivity index (χ3n) is 4.16. The minimum atomic E-state index is -3.59. The summed E-state index contributed by atoms with van der Waals surface area (Å²) in [4.78, 5) is 11.9. The van der Waals surface area contributed by atoms with Crippen LogP contribution < -0.4 is 10.1 Å². The highest BCUT2D eigenvalue weighted by Gasteiger charge is 2.23. The molecule has 1 N–H and O–H groups in total. The molecule has 1 atom stereocenters. The Balaban J connectivity index is 1.93. The number of benzene rings is 1. The Kier molecular flexibility index (Phi) is 7.69. The van der Waals surface area contributed by atoms with Crippen LogP contribution in [0, 0.1) is 0 Å². The number of carbonyl (C=O) groups is 1. The van der Waals surface area contributed by atoms with Gasteiger partial charge in [0.05, 0.1) is 16.0 Å². The topological polar surface area (TPSA) is 84.9 Å². The maximum Gasteiger partial charge on any atom is 0.258 e. The molecule has 1 aliphatic rings. The van der Waals surface area contributed by atoms with Gasteiger partial charge in [-0.1, -0.05) is 25.4 Å². The van der Waals surface area contributed by atoms with Crippen LogP contribution in [0.15, 0.2) is 23.1 Å². The smallest absolute Gasteiger partial charge is 0.258 e. The first kappa shape index (κ1) is 21.0. The zero-order valence-corrected chi connectivity index (χ0v) is 16.6. The lowest BCUT2D eigenvalue weighted by molar-refractivity contribution is -0.123. The summed E-state index contributed by atoms with van der Waals surface area (Å²) in [5.74, 6) is -0.0196. The molecule has 0 aromatic heterocycles. The van der Waals surface area contributed by atoms with Gasteiger partial charge in [0.2, 0.25) is 10.0 Å². The molecule has 0 radical (unpaired) electrons. The van der Waals surface area contributed by atoms with Gasteiger partial charge in [-0.2, -0.15) is 4.31 Å². The molecule has 1 aliphatic heterocycles. The van der Waals surface area contributed by atoms with Gasteiger partial charge in [-0.05, 0) is 31.0 Å². The number of sulfonamides is 1. The van der Waals surface area contributed by atoms with Crippen molar-refractivity contribution in [3.63, 3.8) is 0 Å². The Labute approximate surface area is 159 Å². The molecule has 26 heavy (non-hydrogen) atoms. The van der Waals surface area contributed by atoms with Gasteiger partial charge in [0.15, 0.2) is 6.61 Å². The van der Waals surface area contributed by atoms with Crippen LogP contribution in [-0.4, -0.2) is 57.6 Å². The van der Waals surface area contributed by atoms with Crippen molar-refractivity contribution in [1.29, 1.82) is 0 Å². The molecule has 9 heteroatoms. The van der Waals surface area contributed by atoms with Crippen LogP contribution in [0.3, 0.4) is 0 Å². The molecule has 1 aromatic rings. The van der Waals surface area contributed by atoms with E-state index in [1.165, 1.54) is 22.5 Å². The normalized spacial score (nSPS) is 17.5. The van der Waals surface area contributed by atoms with Crippen LogP contribution in [-0.2, 0) is 19.6 Å². The van der Waals surface area contributed by atoms with Crippen molar-refractivity contribution in [1.82, 2.24) is 9.62 Å². The van der Waals surface area contributed by atoms with E-state index in [1.807, 2.05) is 0 Å². The Hall–Kier alpha value is -1.35. The van der Waals surface area contributed by atoms with Gasteiger partial charge in [-0.15, -0.1) is 0 Å². The third kappa shape index (κ3) is 5.33. The summed E-state index contributed by atoms with van der Waals surface area (Å²) < 4.78 is 37.1. The van der Waals surface area contributed by atoms with Gasteiger partial charge in [0.25, 0.3) is 5.91 Å². The van der Waals surface area contributed by atoms with E-state index in [0.717, 1.165) is 19.4 Å². The molecule has 1 amide bonds. The van der Waals surface area contributed by atoms with Crippen molar-refractivity contribution >= 4 is 27.5 Å². The van der Waals surface area contributed by atoms with Crippen molar-refractivity contribution in [3.05, 3.63) is 23.2 Å². The van der Waals surface area contributed by atoms with E-state index in [-0.39, 0.29) is 34.3 Å². The summed E-state index contributed by atoms with van der Waals surface area (Å²) in [6.45, 7) is 5.28. The van der Waals surface area contributed by atoms with Gasteiger partial charge >= 0.3 is 0 Å². The van der Waals surface area contributed by atoms with Crippen LogP contribution in [0.25, 0.3) is 0 Å². The molecule has 1 saturated heterocycles. The number of halogens is 1.